The van der Waals surface area contributed by atoms with Gasteiger partial charge in [-0.15, -0.1) is 0 Å². The molecule has 2 nitrogen and oxygen atoms in total. The summed E-state index contributed by atoms with van der Waals surface area (Å²) in [6.07, 6.45) is -4.45. The lowest BCUT2D eigenvalue weighted by Crippen LogP contribution is -2.10. The zero-order valence-corrected chi connectivity index (χ0v) is 10.2. The van der Waals surface area contributed by atoms with Crippen LogP contribution in [-0.4, -0.2) is 13.1 Å². The highest BCUT2D eigenvalue weighted by Crippen LogP contribution is 2.32. The number of carbonyl (C=O) groups is 1. The first-order valence-corrected chi connectivity index (χ1v) is 5.12. The van der Waals surface area contributed by atoms with Crippen molar-refractivity contribution in [2.45, 2.75) is 26.9 Å². The summed E-state index contributed by atoms with van der Waals surface area (Å²) in [6.45, 7) is 5.34. The molecule has 17 heavy (non-hydrogen) atoms. The lowest BCUT2D eigenvalue weighted by atomic mass is 10.0. The van der Waals surface area contributed by atoms with Crippen molar-refractivity contribution in [1.82, 2.24) is 0 Å². The molecule has 0 spiro atoms. The summed E-state index contributed by atoms with van der Waals surface area (Å²) in [6, 6.07) is 3.34. The normalized spacial score (nSPS) is 10.3. The monoisotopic (exact) mass is 248 g/mol. The van der Waals surface area contributed by atoms with Crippen LogP contribution in [0.1, 0.15) is 35.3 Å². The van der Waals surface area contributed by atoms with Crippen LogP contribution in [0, 0.1) is 6.92 Å². The molecule has 0 aliphatic rings. The molecule has 0 unspecified atom stereocenters. The van der Waals surface area contributed by atoms with Crippen LogP contribution in [0.15, 0.2) is 18.2 Å². The van der Waals surface area contributed by atoms with Crippen LogP contribution in [0.4, 0.5) is 13.2 Å². The molecular weight excluding hydrogens is 233 g/mol. The van der Waals surface area contributed by atoms with Crippen molar-refractivity contribution < 1.29 is 22.7 Å². The quantitative estimate of drug-likeness (QED) is 0.706. The zero-order chi connectivity index (χ0) is 13.6. The van der Waals surface area contributed by atoms with E-state index < -0.39 is 17.7 Å². The van der Waals surface area contributed by atoms with Gasteiger partial charge in [-0.1, -0.05) is 19.9 Å². The Balaban J connectivity index is 0.00000121. The molecule has 0 bridgehead atoms. The Morgan fingerprint density at radius 2 is 1.76 bits per heavy atom. The Morgan fingerprint density at radius 1 is 1.24 bits per heavy atom. The Bertz CT molecular complexity index is 384. The summed E-state index contributed by atoms with van der Waals surface area (Å²) >= 11 is 0. The van der Waals surface area contributed by atoms with Gasteiger partial charge in [-0.3, -0.25) is 0 Å². The van der Waals surface area contributed by atoms with Crippen molar-refractivity contribution >= 4 is 5.97 Å². The van der Waals surface area contributed by atoms with Gasteiger partial charge in [0.05, 0.1) is 18.2 Å². The molecule has 0 amide bonds. The Hall–Kier alpha value is -1.52. The fourth-order valence-electron chi connectivity index (χ4n) is 1.17. The zero-order valence-electron chi connectivity index (χ0n) is 10.2. The third-order valence-electron chi connectivity index (χ3n) is 1.96. The molecule has 0 fully saturated rings. The summed E-state index contributed by atoms with van der Waals surface area (Å²) in [4.78, 5) is 11.0. The van der Waals surface area contributed by atoms with Crippen LogP contribution in [-0.2, 0) is 10.9 Å². The van der Waals surface area contributed by atoms with E-state index in [4.69, 9.17) is 0 Å². The molecule has 1 aromatic rings. The molecule has 0 saturated heterocycles. The molecule has 1 aromatic carbocycles. The fourth-order valence-corrected chi connectivity index (χ4v) is 1.17. The standard InChI is InChI=1S/C10H9F3O2.C2H6/c1-6-3-4-7(9(14)15-2)5-8(6)10(11,12)13;1-2/h3-5H,1-2H3;1-2H3. The first-order chi connectivity index (χ1) is 7.86. The van der Waals surface area contributed by atoms with E-state index in [-0.39, 0.29) is 11.1 Å². The smallest absolute Gasteiger partial charge is 0.416 e. The van der Waals surface area contributed by atoms with Gasteiger partial charge < -0.3 is 4.74 Å². The summed E-state index contributed by atoms with van der Waals surface area (Å²) in [5.41, 5.74) is -0.837. The van der Waals surface area contributed by atoms with E-state index in [0.717, 1.165) is 13.2 Å². The second-order valence-electron chi connectivity index (χ2n) is 3.02. The Kier molecular flexibility index (Phi) is 5.71. The number of alkyl halides is 3. The third kappa shape index (κ3) is 4.09. The van der Waals surface area contributed by atoms with Crippen LogP contribution in [0.25, 0.3) is 0 Å². The predicted molar refractivity (Wildman–Crippen MR) is 58.9 cm³/mol. The summed E-state index contributed by atoms with van der Waals surface area (Å²) < 4.78 is 41.7. The molecule has 0 N–H and O–H groups in total. The number of ether oxygens (including phenoxy) is 1. The van der Waals surface area contributed by atoms with Crippen LogP contribution >= 0.6 is 0 Å². The van der Waals surface area contributed by atoms with Gasteiger partial charge in [0.1, 0.15) is 0 Å². The molecule has 0 saturated carbocycles. The largest absolute Gasteiger partial charge is 0.465 e. The Morgan fingerprint density at radius 3 is 2.18 bits per heavy atom. The van der Waals surface area contributed by atoms with E-state index in [2.05, 4.69) is 4.74 Å². The maximum Gasteiger partial charge on any atom is 0.416 e. The minimum absolute atomic E-state index is 0.0788. The number of benzene rings is 1. The van der Waals surface area contributed by atoms with E-state index in [9.17, 15) is 18.0 Å². The van der Waals surface area contributed by atoms with E-state index in [1.165, 1.54) is 19.1 Å². The fraction of sp³-hybridized carbons (Fsp3) is 0.417. The molecule has 5 heteroatoms. The van der Waals surface area contributed by atoms with Gasteiger partial charge in [-0.25, -0.2) is 4.79 Å². The summed E-state index contributed by atoms with van der Waals surface area (Å²) in [5, 5.41) is 0. The van der Waals surface area contributed by atoms with E-state index in [1.54, 1.807) is 0 Å². The number of carbonyl (C=O) groups excluding carboxylic acids is 1. The van der Waals surface area contributed by atoms with Crippen LogP contribution in [0.2, 0.25) is 0 Å². The number of hydrogen-bond acceptors (Lipinski definition) is 2. The van der Waals surface area contributed by atoms with Crippen molar-refractivity contribution in [2.75, 3.05) is 7.11 Å². The van der Waals surface area contributed by atoms with Crippen LogP contribution < -0.4 is 0 Å². The number of halogens is 3. The maximum atomic E-state index is 12.4. The summed E-state index contributed by atoms with van der Waals surface area (Å²) in [7, 11) is 1.12. The molecule has 0 aromatic heterocycles. The van der Waals surface area contributed by atoms with Crippen LogP contribution in [0.5, 0.6) is 0 Å². The molecular formula is C12H15F3O2. The second-order valence-corrected chi connectivity index (χ2v) is 3.02. The average molecular weight is 248 g/mol. The first-order valence-electron chi connectivity index (χ1n) is 5.12. The highest BCUT2D eigenvalue weighted by Gasteiger charge is 2.32. The number of rotatable bonds is 1. The number of methoxy groups -OCH3 is 1. The Labute approximate surface area is 98.4 Å². The van der Waals surface area contributed by atoms with E-state index in [1.807, 2.05) is 13.8 Å². The van der Waals surface area contributed by atoms with Gasteiger partial charge in [0.25, 0.3) is 0 Å². The number of aryl methyl sites for hydroxylation is 1. The SMILES string of the molecule is CC.COC(=O)c1ccc(C)c(C(F)(F)F)c1. The van der Waals surface area contributed by atoms with Crippen molar-refractivity contribution in [3.8, 4) is 0 Å². The number of hydrogen-bond donors (Lipinski definition) is 0. The van der Waals surface area contributed by atoms with Crippen LogP contribution in [0.3, 0.4) is 0 Å². The van der Waals surface area contributed by atoms with Crippen molar-refractivity contribution in [3.63, 3.8) is 0 Å². The summed E-state index contributed by atoms with van der Waals surface area (Å²) in [5.74, 6) is -0.777. The maximum absolute atomic E-state index is 12.4. The lowest BCUT2D eigenvalue weighted by molar-refractivity contribution is -0.138. The van der Waals surface area contributed by atoms with Gasteiger partial charge in [-0.05, 0) is 24.6 Å². The first kappa shape index (κ1) is 15.5. The van der Waals surface area contributed by atoms with Gasteiger partial charge in [0.2, 0.25) is 0 Å². The van der Waals surface area contributed by atoms with Crippen molar-refractivity contribution in [3.05, 3.63) is 34.9 Å². The minimum Gasteiger partial charge on any atom is -0.465 e. The topological polar surface area (TPSA) is 26.3 Å². The van der Waals surface area contributed by atoms with E-state index >= 15 is 0 Å². The highest BCUT2D eigenvalue weighted by molar-refractivity contribution is 5.89. The molecule has 0 radical (unpaired) electrons. The predicted octanol–water partition coefficient (Wildman–Crippen LogP) is 3.83. The lowest BCUT2D eigenvalue weighted by Gasteiger charge is -2.11. The second kappa shape index (κ2) is 6.27. The molecule has 0 atom stereocenters. The highest BCUT2D eigenvalue weighted by atomic mass is 19.4. The third-order valence-corrected chi connectivity index (χ3v) is 1.96. The van der Waals surface area contributed by atoms with Gasteiger partial charge in [0, 0.05) is 0 Å². The average Bonchev–Trinajstić information content (AvgIpc) is 2.30. The van der Waals surface area contributed by atoms with Crippen molar-refractivity contribution in [2.24, 2.45) is 0 Å². The van der Waals surface area contributed by atoms with Gasteiger partial charge in [0.15, 0.2) is 0 Å². The number of esters is 1. The minimum atomic E-state index is -4.45. The molecule has 0 aliphatic carbocycles. The molecule has 1 rings (SSSR count). The van der Waals surface area contributed by atoms with Gasteiger partial charge >= 0.3 is 12.1 Å². The molecule has 0 aliphatic heterocycles. The molecule has 96 valence electrons. The van der Waals surface area contributed by atoms with Crippen molar-refractivity contribution in [1.29, 1.82) is 0 Å². The van der Waals surface area contributed by atoms with E-state index in [0.29, 0.717) is 0 Å². The van der Waals surface area contributed by atoms with Gasteiger partial charge in [-0.2, -0.15) is 13.2 Å². The molecule has 0 heterocycles.